The summed E-state index contributed by atoms with van der Waals surface area (Å²) in [4.78, 5) is 29.0. The van der Waals surface area contributed by atoms with E-state index >= 15 is 0 Å². The van der Waals surface area contributed by atoms with Crippen LogP contribution in [0.5, 0.6) is 0 Å². The molecule has 1 N–H and O–H groups in total. The highest BCUT2D eigenvalue weighted by molar-refractivity contribution is 5.95. The Morgan fingerprint density at radius 1 is 1.17 bits per heavy atom. The summed E-state index contributed by atoms with van der Waals surface area (Å²) in [5.41, 5.74) is 2.47. The van der Waals surface area contributed by atoms with Crippen LogP contribution < -0.4 is 5.32 Å². The fourth-order valence-electron chi connectivity index (χ4n) is 4.25. The third-order valence-electron chi connectivity index (χ3n) is 5.90. The normalized spacial score (nSPS) is 18.2. The molecule has 3 heterocycles. The van der Waals surface area contributed by atoms with E-state index in [9.17, 15) is 9.59 Å². The van der Waals surface area contributed by atoms with Crippen LogP contribution >= 0.6 is 0 Å². The number of hydrogen-bond donors (Lipinski definition) is 1. The van der Waals surface area contributed by atoms with Gasteiger partial charge in [-0.05, 0) is 49.8 Å². The van der Waals surface area contributed by atoms with Gasteiger partial charge >= 0.3 is 0 Å². The van der Waals surface area contributed by atoms with Crippen LogP contribution in [-0.2, 0) is 11.8 Å². The molecule has 1 aromatic heterocycles. The number of carbonyl (C=O) groups excluding carboxylic acids is 2. The summed E-state index contributed by atoms with van der Waals surface area (Å²) in [5.74, 6) is 0.875. The van der Waals surface area contributed by atoms with E-state index in [0.29, 0.717) is 23.8 Å². The topological polar surface area (TPSA) is 70.5 Å². The fraction of sp³-hybridized carbons (Fsp3) is 0.500. The minimum Gasteiger partial charge on any atom is -0.353 e. The van der Waals surface area contributed by atoms with Gasteiger partial charge in [-0.15, -0.1) is 0 Å². The van der Waals surface area contributed by atoms with Gasteiger partial charge in [0, 0.05) is 57.1 Å². The zero-order valence-electron chi connectivity index (χ0n) is 17.0. The lowest BCUT2D eigenvalue weighted by Gasteiger charge is -2.36. The number of likely N-dealkylation sites (tertiary alicyclic amines) is 2. The Kier molecular flexibility index (Phi) is 5.83. The van der Waals surface area contributed by atoms with Gasteiger partial charge in [-0.25, -0.2) is 0 Å². The molecule has 0 unspecified atom stereocenters. The molecule has 2 aliphatic heterocycles. The standard InChI is InChI=1S/C22H29N5O2/c1-25-16-20(14-23-25)24-19-6-4-5-18(13-19)22(29)26-11-8-17(9-12-26)15-27-10-3-2-7-21(27)28/h4-6,13-14,16-17,24H,2-3,7-12,15H2,1H3. The molecule has 2 saturated heterocycles. The van der Waals surface area contributed by atoms with E-state index in [0.717, 1.165) is 63.2 Å². The Bertz CT molecular complexity index is 870. The molecule has 154 valence electrons. The number of amides is 2. The second-order valence-electron chi connectivity index (χ2n) is 8.14. The van der Waals surface area contributed by atoms with Gasteiger partial charge in [-0.3, -0.25) is 14.3 Å². The highest BCUT2D eigenvalue weighted by Crippen LogP contribution is 2.23. The SMILES string of the molecule is Cn1cc(Nc2cccc(C(=O)N3CCC(CN4CCCCC4=O)CC3)c2)cn1. The Morgan fingerprint density at radius 3 is 2.72 bits per heavy atom. The lowest BCUT2D eigenvalue weighted by atomic mass is 9.94. The minimum atomic E-state index is 0.0762. The van der Waals surface area contributed by atoms with Crippen LogP contribution in [0.3, 0.4) is 0 Å². The average Bonchev–Trinajstić information content (AvgIpc) is 3.14. The van der Waals surface area contributed by atoms with Crippen molar-refractivity contribution in [3.63, 3.8) is 0 Å². The van der Waals surface area contributed by atoms with Gasteiger partial charge in [0.05, 0.1) is 11.9 Å². The monoisotopic (exact) mass is 395 g/mol. The summed E-state index contributed by atoms with van der Waals surface area (Å²) in [6.07, 6.45) is 8.41. The number of carbonyl (C=O) groups is 2. The highest BCUT2D eigenvalue weighted by Gasteiger charge is 2.27. The van der Waals surface area contributed by atoms with Crippen molar-refractivity contribution in [1.29, 1.82) is 0 Å². The van der Waals surface area contributed by atoms with Gasteiger partial charge in [0.25, 0.3) is 5.91 Å². The first-order valence-electron chi connectivity index (χ1n) is 10.5. The van der Waals surface area contributed by atoms with E-state index in [-0.39, 0.29) is 5.91 Å². The first-order chi connectivity index (χ1) is 14.1. The number of anilines is 2. The van der Waals surface area contributed by atoms with Crippen LogP contribution in [0.1, 0.15) is 42.5 Å². The van der Waals surface area contributed by atoms with Crippen LogP contribution in [0.15, 0.2) is 36.7 Å². The van der Waals surface area contributed by atoms with Crippen molar-refractivity contribution < 1.29 is 9.59 Å². The maximum absolute atomic E-state index is 13.0. The largest absolute Gasteiger partial charge is 0.353 e. The number of aryl methyl sites for hydroxylation is 1. The van der Waals surface area contributed by atoms with Crippen molar-refractivity contribution in [2.45, 2.75) is 32.1 Å². The summed E-state index contributed by atoms with van der Waals surface area (Å²) in [7, 11) is 1.87. The zero-order chi connectivity index (χ0) is 20.2. The molecule has 0 bridgehead atoms. The van der Waals surface area contributed by atoms with Crippen LogP contribution in [-0.4, -0.2) is 57.6 Å². The number of aromatic nitrogens is 2. The first-order valence-corrected chi connectivity index (χ1v) is 10.5. The molecule has 0 atom stereocenters. The lowest BCUT2D eigenvalue weighted by Crippen LogP contribution is -2.44. The number of benzene rings is 1. The molecule has 2 aromatic rings. The third kappa shape index (κ3) is 4.78. The summed E-state index contributed by atoms with van der Waals surface area (Å²) < 4.78 is 1.74. The number of piperidine rings is 2. The molecule has 7 nitrogen and oxygen atoms in total. The van der Waals surface area contributed by atoms with Gasteiger partial charge < -0.3 is 15.1 Å². The number of nitrogens with zero attached hydrogens (tertiary/aromatic N) is 4. The van der Waals surface area contributed by atoms with Gasteiger partial charge in [0.15, 0.2) is 0 Å². The molecule has 7 heteroatoms. The second-order valence-corrected chi connectivity index (χ2v) is 8.14. The van der Waals surface area contributed by atoms with Crippen molar-refractivity contribution in [2.24, 2.45) is 13.0 Å². The predicted molar refractivity (Wildman–Crippen MR) is 112 cm³/mol. The Balaban J connectivity index is 1.32. The van der Waals surface area contributed by atoms with Crippen LogP contribution in [0.25, 0.3) is 0 Å². The smallest absolute Gasteiger partial charge is 0.253 e. The van der Waals surface area contributed by atoms with Crippen LogP contribution in [0.4, 0.5) is 11.4 Å². The predicted octanol–water partition coefficient (Wildman–Crippen LogP) is 3.03. The molecule has 2 amide bonds. The van der Waals surface area contributed by atoms with Crippen molar-refractivity contribution in [1.82, 2.24) is 19.6 Å². The van der Waals surface area contributed by atoms with E-state index < -0.39 is 0 Å². The molecule has 1 aromatic carbocycles. The maximum Gasteiger partial charge on any atom is 0.253 e. The zero-order valence-corrected chi connectivity index (χ0v) is 17.0. The summed E-state index contributed by atoms with van der Waals surface area (Å²) in [5, 5.41) is 7.44. The molecule has 4 rings (SSSR count). The van der Waals surface area contributed by atoms with Crippen LogP contribution in [0.2, 0.25) is 0 Å². The molecule has 2 aliphatic rings. The van der Waals surface area contributed by atoms with E-state index in [1.165, 1.54) is 0 Å². The number of rotatable bonds is 5. The fourth-order valence-corrected chi connectivity index (χ4v) is 4.25. The summed E-state index contributed by atoms with van der Waals surface area (Å²) in [6, 6.07) is 7.62. The molecule has 29 heavy (non-hydrogen) atoms. The minimum absolute atomic E-state index is 0.0762. The Labute approximate surface area is 171 Å². The molecular formula is C22H29N5O2. The maximum atomic E-state index is 13.0. The Hall–Kier alpha value is -2.83. The van der Waals surface area contributed by atoms with Gasteiger partial charge in [-0.1, -0.05) is 6.07 Å². The van der Waals surface area contributed by atoms with E-state index in [1.54, 1.807) is 10.9 Å². The van der Waals surface area contributed by atoms with Gasteiger partial charge in [0.1, 0.15) is 0 Å². The number of hydrogen-bond acceptors (Lipinski definition) is 4. The van der Waals surface area contributed by atoms with Gasteiger partial charge in [-0.2, -0.15) is 5.10 Å². The van der Waals surface area contributed by atoms with E-state index in [2.05, 4.69) is 10.4 Å². The van der Waals surface area contributed by atoms with Crippen molar-refractivity contribution >= 4 is 23.2 Å². The van der Waals surface area contributed by atoms with E-state index in [4.69, 9.17) is 0 Å². The molecule has 0 radical (unpaired) electrons. The van der Waals surface area contributed by atoms with Crippen molar-refractivity contribution in [3.05, 3.63) is 42.2 Å². The average molecular weight is 396 g/mol. The van der Waals surface area contributed by atoms with Gasteiger partial charge in [0.2, 0.25) is 5.91 Å². The van der Waals surface area contributed by atoms with Crippen molar-refractivity contribution in [3.8, 4) is 0 Å². The highest BCUT2D eigenvalue weighted by atomic mass is 16.2. The first kappa shape index (κ1) is 19.5. The number of nitrogens with one attached hydrogen (secondary N) is 1. The molecular weight excluding hydrogens is 366 g/mol. The van der Waals surface area contributed by atoms with E-state index in [1.807, 2.05) is 47.3 Å². The molecule has 0 saturated carbocycles. The molecule has 0 spiro atoms. The third-order valence-corrected chi connectivity index (χ3v) is 5.90. The second kappa shape index (κ2) is 8.68. The summed E-state index contributed by atoms with van der Waals surface area (Å²) >= 11 is 0. The quantitative estimate of drug-likeness (QED) is 0.845. The Morgan fingerprint density at radius 2 is 2.00 bits per heavy atom. The summed E-state index contributed by atoms with van der Waals surface area (Å²) in [6.45, 7) is 3.26. The molecule has 0 aliphatic carbocycles. The van der Waals surface area contributed by atoms with Crippen molar-refractivity contribution in [2.75, 3.05) is 31.5 Å². The molecule has 2 fully saturated rings. The van der Waals surface area contributed by atoms with Crippen LogP contribution in [0, 0.1) is 5.92 Å². The lowest BCUT2D eigenvalue weighted by molar-refractivity contribution is -0.134.